The van der Waals surface area contributed by atoms with Gasteiger partial charge in [0.25, 0.3) is 0 Å². The molecule has 3 rings (SSSR count). The molecule has 2 aromatic carbocycles. The van der Waals surface area contributed by atoms with Gasteiger partial charge >= 0.3 is 0 Å². The molecule has 0 bridgehead atoms. The van der Waals surface area contributed by atoms with Crippen molar-refractivity contribution < 1.29 is 4.79 Å². The van der Waals surface area contributed by atoms with E-state index < -0.39 is 0 Å². The molecule has 0 aliphatic rings. The molecule has 0 aliphatic heterocycles. The van der Waals surface area contributed by atoms with Crippen molar-refractivity contribution >= 4 is 35.5 Å². The second-order valence-electron chi connectivity index (χ2n) is 6.55. The number of aldehydes is 1. The van der Waals surface area contributed by atoms with Gasteiger partial charge in [-0.05, 0) is 73.0 Å². The molecule has 30 heavy (non-hydrogen) atoms. The molecule has 0 amide bonds. The number of nitrogens with zero attached hydrogens (tertiary/aromatic N) is 4. The summed E-state index contributed by atoms with van der Waals surface area (Å²) in [7, 11) is 0. The van der Waals surface area contributed by atoms with Gasteiger partial charge in [0.2, 0.25) is 5.95 Å². The summed E-state index contributed by atoms with van der Waals surface area (Å²) in [5.74, 6) is 0.694. The molecule has 0 saturated heterocycles. The second kappa shape index (κ2) is 9.13. The predicted molar refractivity (Wildman–Crippen MR) is 116 cm³/mol. The van der Waals surface area contributed by atoms with Crippen molar-refractivity contribution in [3.63, 3.8) is 0 Å². The first-order chi connectivity index (χ1) is 14.5. The first-order valence-corrected chi connectivity index (χ1v) is 9.08. The lowest BCUT2D eigenvalue weighted by molar-refractivity contribution is 0.112. The fourth-order valence-corrected chi connectivity index (χ4v) is 2.94. The van der Waals surface area contributed by atoms with E-state index in [9.17, 15) is 4.79 Å². The van der Waals surface area contributed by atoms with E-state index >= 15 is 0 Å². The van der Waals surface area contributed by atoms with Gasteiger partial charge in [-0.25, -0.2) is 4.98 Å². The van der Waals surface area contributed by atoms with E-state index in [0.29, 0.717) is 29.2 Å². The summed E-state index contributed by atoms with van der Waals surface area (Å²) < 4.78 is 0. The lowest BCUT2D eigenvalue weighted by Crippen LogP contribution is -2.06. The van der Waals surface area contributed by atoms with Crippen molar-refractivity contribution in [2.24, 2.45) is 0 Å². The Morgan fingerprint density at radius 1 is 1.03 bits per heavy atom. The molecule has 0 spiro atoms. The van der Waals surface area contributed by atoms with Crippen molar-refractivity contribution in [3.8, 4) is 12.1 Å². The molecule has 0 unspecified atom stereocenters. The number of rotatable bonds is 6. The highest BCUT2D eigenvalue weighted by molar-refractivity contribution is 5.85. The number of nitriles is 2. The Labute approximate surface area is 174 Å². The molecule has 2 N–H and O–H groups in total. The Kier molecular flexibility index (Phi) is 6.17. The van der Waals surface area contributed by atoms with Crippen LogP contribution in [0.1, 0.15) is 32.6 Å². The van der Waals surface area contributed by atoms with Crippen LogP contribution in [-0.2, 0) is 0 Å². The summed E-state index contributed by atoms with van der Waals surface area (Å²) in [6, 6.07) is 14.8. The molecular weight excluding hydrogens is 376 g/mol. The molecule has 0 atom stereocenters. The third-order valence-electron chi connectivity index (χ3n) is 4.36. The van der Waals surface area contributed by atoms with Crippen LogP contribution in [0.5, 0.6) is 0 Å². The zero-order valence-electron chi connectivity index (χ0n) is 16.5. The van der Waals surface area contributed by atoms with Crippen LogP contribution in [0, 0.1) is 36.5 Å². The Balaban J connectivity index is 1.91. The summed E-state index contributed by atoms with van der Waals surface area (Å²) in [6.45, 7) is 3.88. The van der Waals surface area contributed by atoms with Crippen LogP contribution < -0.4 is 10.6 Å². The highest BCUT2D eigenvalue weighted by Gasteiger charge is 2.11. The standard InChI is InChI=1S/C23H18N6O/c1-15-10-18(4-3-9-24)11-16(2)21(15)28-22-19(14-30)13-26-23(29-22)27-20-7-5-17(12-25)6-8-20/h3-8,10-11,13-14H,1-2H3,(H2,26,27,28,29). The monoisotopic (exact) mass is 394 g/mol. The van der Waals surface area contributed by atoms with Crippen LogP contribution in [0.2, 0.25) is 0 Å². The average molecular weight is 394 g/mol. The number of hydrogen-bond acceptors (Lipinski definition) is 7. The summed E-state index contributed by atoms with van der Waals surface area (Å²) in [5.41, 5.74) is 5.25. The number of benzene rings is 2. The van der Waals surface area contributed by atoms with Gasteiger partial charge < -0.3 is 10.6 Å². The van der Waals surface area contributed by atoms with Gasteiger partial charge in [-0.2, -0.15) is 15.5 Å². The van der Waals surface area contributed by atoms with E-state index in [-0.39, 0.29) is 0 Å². The van der Waals surface area contributed by atoms with Crippen molar-refractivity contribution in [1.29, 1.82) is 10.5 Å². The number of hydrogen-bond donors (Lipinski definition) is 2. The number of allylic oxidation sites excluding steroid dienone is 1. The van der Waals surface area contributed by atoms with Gasteiger partial charge in [0.05, 0.1) is 23.3 Å². The molecule has 0 aliphatic carbocycles. The van der Waals surface area contributed by atoms with Crippen molar-refractivity contribution in [3.05, 3.63) is 76.5 Å². The minimum atomic E-state index is 0.316. The van der Waals surface area contributed by atoms with Gasteiger partial charge in [-0.15, -0.1) is 0 Å². The SMILES string of the molecule is Cc1cc(C=CC#N)cc(C)c1Nc1nc(Nc2ccc(C#N)cc2)ncc1C=O. The maximum atomic E-state index is 11.5. The van der Waals surface area contributed by atoms with Crippen LogP contribution in [0.4, 0.5) is 23.1 Å². The maximum Gasteiger partial charge on any atom is 0.229 e. The van der Waals surface area contributed by atoms with Gasteiger partial charge in [0.15, 0.2) is 6.29 Å². The van der Waals surface area contributed by atoms with Crippen LogP contribution in [0.3, 0.4) is 0 Å². The normalized spacial score (nSPS) is 10.3. The predicted octanol–water partition coefficient (Wildman–Crippen LogP) is 4.80. The smallest absolute Gasteiger partial charge is 0.229 e. The Hall–Kier alpha value is -4.49. The third kappa shape index (κ3) is 4.67. The number of anilines is 4. The zero-order chi connectivity index (χ0) is 21.5. The summed E-state index contributed by atoms with van der Waals surface area (Å²) in [5, 5.41) is 23.9. The van der Waals surface area contributed by atoms with E-state index in [1.54, 1.807) is 30.3 Å². The number of carbonyl (C=O) groups is 1. The van der Waals surface area contributed by atoms with Crippen LogP contribution in [-0.4, -0.2) is 16.3 Å². The fourth-order valence-electron chi connectivity index (χ4n) is 2.94. The van der Waals surface area contributed by atoms with Crippen LogP contribution in [0.25, 0.3) is 6.08 Å². The van der Waals surface area contributed by atoms with E-state index in [0.717, 1.165) is 28.1 Å². The maximum absolute atomic E-state index is 11.5. The quantitative estimate of drug-likeness (QED) is 0.456. The van der Waals surface area contributed by atoms with Crippen LogP contribution in [0.15, 0.2) is 48.7 Å². The molecule has 0 saturated carbocycles. The molecular formula is C23H18N6O. The number of nitrogens with one attached hydrogen (secondary N) is 2. The van der Waals surface area contributed by atoms with Gasteiger partial charge in [0.1, 0.15) is 5.82 Å². The Morgan fingerprint density at radius 3 is 2.33 bits per heavy atom. The summed E-state index contributed by atoms with van der Waals surface area (Å²) >= 11 is 0. The van der Waals surface area contributed by atoms with Gasteiger partial charge in [-0.1, -0.05) is 0 Å². The molecule has 0 fully saturated rings. The number of aryl methyl sites for hydroxylation is 2. The number of carbonyl (C=O) groups excluding carboxylic acids is 1. The van der Waals surface area contributed by atoms with Crippen molar-refractivity contribution in [2.75, 3.05) is 10.6 Å². The van der Waals surface area contributed by atoms with Gasteiger partial charge in [-0.3, -0.25) is 4.79 Å². The van der Waals surface area contributed by atoms with Gasteiger partial charge in [0, 0.05) is 23.6 Å². The third-order valence-corrected chi connectivity index (χ3v) is 4.36. The van der Waals surface area contributed by atoms with E-state index in [2.05, 4.69) is 26.7 Å². The van der Waals surface area contributed by atoms with Crippen molar-refractivity contribution in [2.45, 2.75) is 13.8 Å². The van der Waals surface area contributed by atoms with E-state index in [1.807, 2.05) is 32.0 Å². The topological polar surface area (TPSA) is 114 Å². The molecule has 0 radical (unpaired) electrons. The lowest BCUT2D eigenvalue weighted by Gasteiger charge is -2.15. The Morgan fingerprint density at radius 2 is 1.73 bits per heavy atom. The van der Waals surface area contributed by atoms with Crippen molar-refractivity contribution in [1.82, 2.24) is 9.97 Å². The fraction of sp³-hybridized carbons (Fsp3) is 0.0870. The summed E-state index contributed by atoms with van der Waals surface area (Å²) in [4.78, 5) is 20.1. The summed E-state index contributed by atoms with van der Waals surface area (Å²) in [6.07, 6.45) is 5.31. The molecule has 7 nitrogen and oxygen atoms in total. The number of aromatic nitrogens is 2. The minimum absolute atomic E-state index is 0.316. The van der Waals surface area contributed by atoms with Crippen LogP contribution >= 0.6 is 0 Å². The zero-order valence-corrected chi connectivity index (χ0v) is 16.5. The molecule has 7 heteroatoms. The second-order valence-corrected chi connectivity index (χ2v) is 6.55. The Bertz CT molecular complexity index is 1180. The first kappa shape index (κ1) is 20.2. The first-order valence-electron chi connectivity index (χ1n) is 9.08. The molecule has 1 aromatic heterocycles. The highest BCUT2D eigenvalue weighted by Crippen LogP contribution is 2.28. The average Bonchev–Trinajstić information content (AvgIpc) is 2.75. The lowest BCUT2D eigenvalue weighted by atomic mass is 10.0. The van der Waals surface area contributed by atoms with E-state index in [1.165, 1.54) is 12.3 Å². The molecule has 146 valence electrons. The minimum Gasteiger partial charge on any atom is -0.339 e. The highest BCUT2D eigenvalue weighted by atomic mass is 16.1. The van der Waals surface area contributed by atoms with E-state index in [4.69, 9.17) is 10.5 Å². The molecule has 1 heterocycles. The largest absolute Gasteiger partial charge is 0.339 e. The molecule has 3 aromatic rings.